The van der Waals surface area contributed by atoms with Crippen LogP contribution in [-0.2, 0) is 6.61 Å². The molecule has 1 N–H and O–H groups in total. The highest BCUT2D eigenvalue weighted by Gasteiger charge is 2.13. The van der Waals surface area contributed by atoms with Crippen molar-refractivity contribution in [3.63, 3.8) is 0 Å². The third-order valence-corrected chi connectivity index (χ3v) is 3.04. The van der Waals surface area contributed by atoms with Crippen molar-refractivity contribution in [2.75, 3.05) is 11.4 Å². The Morgan fingerprint density at radius 1 is 1.29 bits per heavy atom. The Labute approximate surface area is 104 Å². The first-order chi connectivity index (χ1) is 8.22. The van der Waals surface area contributed by atoms with Crippen LogP contribution in [0.25, 0.3) is 0 Å². The summed E-state index contributed by atoms with van der Waals surface area (Å²) in [6.07, 6.45) is 3.43. The van der Waals surface area contributed by atoms with Crippen LogP contribution in [0.5, 0.6) is 0 Å². The number of aromatic nitrogens is 2. The maximum Gasteiger partial charge on any atom is 0.151 e. The lowest BCUT2D eigenvalue weighted by atomic mass is 10.2. The van der Waals surface area contributed by atoms with Gasteiger partial charge in [-0.05, 0) is 31.9 Å². The largest absolute Gasteiger partial charge is 0.390 e. The fourth-order valence-corrected chi connectivity index (χ4v) is 1.70. The van der Waals surface area contributed by atoms with Gasteiger partial charge in [-0.15, -0.1) is 5.10 Å². The van der Waals surface area contributed by atoms with Gasteiger partial charge in [0.25, 0.3) is 0 Å². The van der Waals surface area contributed by atoms with Crippen molar-refractivity contribution in [2.24, 2.45) is 0 Å². The average Bonchev–Trinajstić information content (AvgIpc) is 2.39. The van der Waals surface area contributed by atoms with Crippen LogP contribution in [0.1, 0.15) is 45.7 Å². The van der Waals surface area contributed by atoms with Crippen molar-refractivity contribution in [3.8, 4) is 0 Å². The Kier molecular flexibility index (Phi) is 5.91. The molecule has 1 rings (SSSR count). The first-order valence-electron chi connectivity index (χ1n) is 6.43. The number of unbranched alkanes of at least 4 members (excludes halogenated alkanes) is 1. The van der Waals surface area contributed by atoms with Crippen molar-refractivity contribution < 1.29 is 5.11 Å². The van der Waals surface area contributed by atoms with E-state index in [1.54, 1.807) is 0 Å². The maximum absolute atomic E-state index is 8.95. The molecule has 0 spiro atoms. The van der Waals surface area contributed by atoms with Crippen LogP contribution in [0.4, 0.5) is 5.82 Å². The highest BCUT2D eigenvalue weighted by molar-refractivity contribution is 5.38. The van der Waals surface area contributed by atoms with Crippen molar-refractivity contribution in [1.29, 1.82) is 0 Å². The summed E-state index contributed by atoms with van der Waals surface area (Å²) >= 11 is 0. The molecule has 0 aliphatic rings. The second kappa shape index (κ2) is 7.22. The van der Waals surface area contributed by atoms with E-state index >= 15 is 0 Å². The van der Waals surface area contributed by atoms with Crippen LogP contribution < -0.4 is 4.90 Å². The standard InChI is InChI=1S/C13H23N3O/c1-4-6-9-16(11(3)5-2)13-8-7-12(10-17)14-15-13/h7-8,11,17H,4-6,9-10H2,1-3H3. The Morgan fingerprint density at radius 3 is 2.53 bits per heavy atom. The summed E-state index contributed by atoms with van der Waals surface area (Å²) in [5.74, 6) is 0.907. The minimum atomic E-state index is -0.0500. The summed E-state index contributed by atoms with van der Waals surface area (Å²) in [7, 11) is 0. The van der Waals surface area contributed by atoms with E-state index in [9.17, 15) is 0 Å². The van der Waals surface area contributed by atoms with Crippen molar-refractivity contribution in [3.05, 3.63) is 17.8 Å². The van der Waals surface area contributed by atoms with Gasteiger partial charge in [-0.1, -0.05) is 20.3 Å². The van der Waals surface area contributed by atoms with Crippen LogP contribution in [0.3, 0.4) is 0 Å². The molecule has 1 atom stereocenters. The van der Waals surface area contributed by atoms with Crippen LogP contribution in [0.15, 0.2) is 12.1 Å². The summed E-state index contributed by atoms with van der Waals surface area (Å²) in [5, 5.41) is 17.1. The van der Waals surface area contributed by atoms with E-state index in [4.69, 9.17) is 5.11 Å². The number of aliphatic hydroxyl groups is 1. The van der Waals surface area contributed by atoms with E-state index in [1.807, 2.05) is 12.1 Å². The number of anilines is 1. The predicted molar refractivity (Wildman–Crippen MR) is 70.0 cm³/mol. The van der Waals surface area contributed by atoms with Gasteiger partial charge in [-0.25, -0.2) is 0 Å². The quantitative estimate of drug-likeness (QED) is 0.791. The Hall–Kier alpha value is -1.16. The minimum Gasteiger partial charge on any atom is -0.390 e. The summed E-state index contributed by atoms with van der Waals surface area (Å²) in [6.45, 7) is 7.54. The molecule has 0 aliphatic carbocycles. The van der Waals surface area contributed by atoms with Gasteiger partial charge < -0.3 is 10.0 Å². The van der Waals surface area contributed by atoms with Gasteiger partial charge in [0.1, 0.15) is 0 Å². The third-order valence-electron chi connectivity index (χ3n) is 3.04. The molecule has 96 valence electrons. The van der Waals surface area contributed by atoms with Gasteiger partial charge >= 0.3 is 0 Å². The van der Waals surface area contributed by atoms with Crippen molar-refractivity contribution in [2.45, 2.75) is 52.7 Å². The molecule has 0 aromatic carbocycles. The molecule has 1 heterocycles. The number of aliphatic hydroxyl groups excluding tert-OH is 1. The molecule has 0 radical (unpaired) electrons. The Morgan fingerprint density at radius 2 is 2.06 bits per heavy atom. The average molecular weight is 237 g/mol. The van der Waals surface area contributed by atoms with E-state index < -0.39 is 0 Å². The lowest BCUT2D eigenvalue weighted by Gasteiger charge is -2.29. The molecule has 4 nitrogen and oxygen atoms in total. The molecule has 1 unspecified atom stereocenters. The highest BCUT2D eigenvalue weighted by Crippen LogP contribution is 2.16. The van der Waals surface area contributed by atoms with E-state index in [1.165, 1.54) is 6.42 Å². The molecular formula is C13H23N3O. The zero-order valence-electron chi connectivity index (χ0n) is 11.1. The lowest BCUT2D eigenvalue weighted by Crippen LogP contribution is -2.34. The van der Waals surface area contributed by atoms with Crippen LogP contribution >= 0.6 is 0 Å². The molecule has 17 heavy (non-hydrogen) atoms. The SMILES string of the molecule is CCCCN(c1ccc(CO)nn1)C(C)CC. The molecule has 0 bridgehead atoms. The van der Waals surface area contributed by atoms with Gasteiger partial charge in [-0.3, -0.25) is 0 Å². The Bertz CT molecular complexity index is 313. The molecule has 0 amide bonds. The molecule has 0 saturated heterocycles. The second-order valence-corrected chi connectivity index (χ2v) is 4.35. The molecule has 1 aromatic heterocycles. The third kappa shape index (κ3) is 3.97. The summed E-state index contributed by atoms with van der Waals surface area (Å²) < 4.78 is 0. The molecule has 4 heteroatoms. The van der Waals surface area contributed by atoms with Gasteiger partial charge in [0.05, 0.1) is 12.3 Å². The molecule has 0 fully saturated rings. The van der Waals surface area contributed by atoms with E-state index in [0.29, 0.717) is 11.7 Å². The number of rotatable bonds is 7. The minimum absolute atomic E-state index is 0.0500. The fraction of sp³-hybridized carbons (Fsp3) is 0.692. The normalized spacial score (nSPS) is 12.5. The van der Waals surface area contributed by atoms with Gasteiger partial charge in [0.15, 0.2) is 5.82 Å². The molecule has 0 aliphatic heterocycles. The molecule has 0 saturated carbocycles. The van der Waals surface area contributed by atoms with Crippen LogP contribution in [-0.4, -0.2) is 27.9 Å². The smallest absolute Gasteiger partial charge is 0.151 e. The fourth-order valence-electron chi connectivity index (χ4n) is 1.70. The lowest BCUT2D eigenvalue weighted by molar-refractivity contribution is 0.275. The number of hydrogen-bond acceptors (Lipinski definition) is 4. The zero-order chi connectivity index (χ0) is 12.7. The van der Waals surface area contributed by atoms with E-state index in [2.05, 4.69) is 35.9 Å². The second-order valence-electron chi connectivity index (χ2n) is 4.35. The van der Waals surface area contributed by atoms with Gasteiger partial charge in [0, 0.05) is 12.6 Å². The molecule has 1 aromatic rings. The number of nitrogens with zero attached hydrogens (tertiary/aromatic N) is 3. The summed E-state index contributed by atoms with van der Waals surface area (Å²) in [6, 6.07) is 4.25. The summed E-state index contributed by atoms with van der Waals surface area (Å²) in [4.78, 5) is 2.29. The van der Waals surface area contributed by atoms with Gasteiger partial charge in [-0.2, -0.15) is 5.10 Å². The monoisotopic (exact) mass is 237 g/mol. The summed E-state index contributed by atoms with van der Waals surface area (Å²) in [5.41, 5.74) is 0.619. The first-order valence-corrected chi connectivity index (χ1v) is 6.43. The topological polar surface area (TPSA) is 49.2 Å². The van der Waals surface area contributed by atoms with E-state index in [-0.39, 0.29) is 6.61 Å². The van der Waals surface area contributed by atoms with Gasteiger partial charge in [0.2, 0.25) is 0 Å². The maximum atomic E-state index is 8.95. The Balaban J connectivity index is 2.79. The van der Waals surface area contributed by atoms with Crippen LogP contribution in [0, 0.1) is 0 Å². The van der Waals surface area contributed by atoms with E-state index in [0.717, 1.165) is 25.2 Å². The predicted octanol–water partition coefficient (Wildman–Crippen LogP) is 2.37. The zero-order valence-corrected chi connectivity index (χ0v) is 11.1. The first kappa shape index (κ1) is 13.9. The molecular weight excluding hydrogens is 214 g/mol. The van der Waals surface area contributed by atoms with Crippen molar-refractivity contribution >= 4 is 5.82 Å². The van der Waals surface area contributed by atoms with Crippen molar-refractivity contribution in [1.82, 2.24) is 10.2 Å². The number of hydrogen-bond donors (Lipinski definition) is 1. The highest BCUT2D eigenvalue weighted by atomic mass is 16.3. The van der Waals surface area contributed by atoms with Crippen LogP contribution in [0.2, 0.25) is 0 Å².